The summed E-state index contributed by atoms with van der Waals surface area (Å²) >= 11 is 0. The van der Waals surface area contributed by atoms with Crippen LogP contribution in [0.1, 0.15) is 52.4 Å². The lowest BCUT2D eigenvalue weighted by atomic mass is 10.1. The van der Waals surface area contributed by atoms with Crippen LogP contribution in [-0.2, 0) is 0 Å². The average Bonchev–Trinajstić information content (AvgIpc) is 2.86. The van der Waals surface area contributed by atoms with Gasteiger partial charge < -0.3 is 14.8 Å². The average molecular weight is 263 g/mol. The molecular formula is C16H25NO2. The predicted octanol–water partition coefficient (Wildman–Crippen LogP) is 4.58. The first-order chi connectivity index (χ1) is 9.29. The number of ether oxygens (including phenoxy) is 2. The third-order valence-electron chi connectivity index (χ3n) is 3.53. The van der Waals surface area contributed by atoms with Gasteiger partial charge in [-0.05, 0) is 25.5 Å². The molecule has 0 fully saturated rings. The summed E-state index contributed by atoms with van der Waals surface area (Å²) < 4.78 is 10.7. The zero-order valence-electron chi connectivity index (χ0n) is 12.1. The van der Waals surface area contributed by atoms with E-state index >= 15 is 0 Å². The van der Waals surface area contributed by atoms with Crippen LogP contribution in [0.5, 0.6) is 11.5 Å². The van der Waals surface area contributed by atoms with Crippen LogP contribution in [0, 0.1) is 0 Å². The molecule has 1 heterocycles. The zero-order chi connectivity index (χ0) is 13.5. The van der Waals surface area contributed by atoms with Crippen LogP contribution >= 0.6 is 0 Å². The maximum atomic E-state index is 5.38. The summed E-state index contributed by atoms with van der Waals surface area (Å²) in [6, 6.07) is 6.55. The Balaban J connectivity index is 1.71. The van der Waals surface area contributed by atoms with Crippen molar-refractivity contribution in [1.29, 1.82) is 0 Å². The molecule has 0 bridgehead atoms. The Morgan fingerprint density at radius 1 is 1.11 bits per heavy atom. The van der Waals surface area contributed by atoms with E-state index in [0.717, 1.165) is 17.2 Å². The Morgan fingerprint density at radius 3 is 2.74 bits per heavy atom. The monoisotopic (exact) mass is 263 g/mol. The highest BCUT2D eigenvalue weighted by Crippen LogP contribution is 2.34. The second-order valence-corrected chi connectivity index (χ2v) is 5.32. The first-order valence-electron chi connectivity index (χ1n) is 7.46. The molecule has 3 heteroatoms. The molecule has 1 aromatic rings. The smallest absolute Gasteiger partial charge is 0.231 e. The highest BCUT2D eigenvalue weighted by molar-refractivity contribution is 5.55. The van der Waals surface area contributed by atoms with Gasteiger partial charge in [-0.2, -0.15) is 0 Å². The highest BCUT2D eigenvalue weighted by atomic mass is 16.7. The summed E-state index contributed by atoms with van der Waals surface area (Å²) in [5.74, 6) is 1.69. The molecular weight excluding hydrogens is 238 g/mol. The largest absolute Gasteiger partial charge is 0.454 e. The van der Waals surface area contributed by atoms with Gasteiger partial charge in [0.05, 0.1) is 0 Å². The quantitative estimate of drug-likeness (QED) is 0.696. The Labute approximate surface area is 116 Å². The van der Waals surface area contributed by atoms with Gasteiger partial charge in [0, 0.05) is 17.8 Å². The summed E-state index contributed by atoms with van der Waals surface area (Å²) in [6.45, 7) is 4.83. The Kier molecular flexibility index (Phi) is 5.37. The fourth-order valence-corrected chi connectivity index (χ4v) is 2.40. The molecule has 1 unspecified atom stereocenters. The maximum absolute atomic E-state index is 5.38. The minimum Gasteiger partial charge on any atom is -0.454 e. The predicted molar refractivity (Wildman–Crippen MR) is 79.0 cm³/mol. The molecule has 1 aliphatic rings. The lowest BCUT2D eigenvalue weighted by molar-refractivity contribution is 0.174. The normalized spacial score (nSPS) is 14.4. The van der Waals surface area contributed by atoms with Crippen molar-refractivity contribution in [3.63, 3.8) is 0 Å². The third-order valence-corrected chi connectivity index (χ3v) is 3.53. The van der Waals surface area contributed by atoms with Crippen molar-refractivity contribution >= 4 is 5.69 Å². The lowest BCUT2D eigenvalue weighted by Crippen LogP contribution is -2.14. The molecule has 19 heavy (non-hydrogen) atoms. The fraction of sp³-hybridized carbons (Fsp3) is 0.625. The molecule has 1 aliphatic heterocycles. The minimum atomic E-state index is 0.339. The molecule has 2 rings (SSSR count). The first kappa shape index (κ1) is 14.0. The standard InChI is InChI=1S/C16H25NO2/c1-3-4-5-6-7-8-13(2)17-14-9-10-15-16(11-14)19-12-18-15/h9-11,13,17H,3-8,12H2,1-2H3. The van der Waals surface area contributed by atoms with E-state index in [4.69, 9.17) is 9.47 Å². The van der Waals surface area contributed by atoms with Crippen LogP contribution in [0.4, 0.5) is 5.69 Å². The summed E-state index contributed by atoms with van der Waals surface area (Å²) in [7, 11) is 0. The van der Waals surface area contributed by atoms with Crippen LogP contribution in [0.15, 0.2) is 18.2 Å². The molecule has 106 valence electrons. The molecule has 0 saturated heterocycles. The van der Waals surface area contributed by atoms with Crippen molar-refractivity contribution in [2.75, 3.05) is 12.1 Å². The fourth-order valence-electron chi connectivity index (χ4n) is 2.40. The van der Waals surface area contributed by atoms with Crippen molar-refractivity contribution < 1.29 is 9.47 Å². The van der Waals surface area contributed by atoms with Gasteiger partial charge in [0.2, 0.25) is 6.79 Å². The number of hydrogen-bond donors (Lipinski definition) is 1. The molecule has 0 saturated carbocycles. The number of hydrogen-bond acceptors (Lipinski definition) is 3. The van der Waals surface area contributed by atoms with E-state index in [1.54, 1.807) is 0 Å². The lowest BCUT2D eigenvalue weighted by Gasteiger charge is -2.15. The third kappa shape index (κ3) is 4.34. The Hall–Kier alpha value is -1.38. The number of anilines is 1. The van der Waals surface area contributed by atoms with Crippen molar-refractivity contribution in [2.45, 2.75) is 58.4 Å². The van der Waals surface area contributed by atoms with Crippen LogP contribution < -0.4 is 14.8 Å². The van der Waals surface area contributed by atoms with E-state index in [9.17, 15) is 0 Å². The van der Waals surface area contributed by atoms with Crippen LogP contribution in [-0.4, -0.2) is 12.8 Å². The SMILES string of the molecule is CCCCCCCC(C)Nc1ccc2c(c1)OCO2. The maximum Gasteiger partial charge on any atom is 0.231 e. The second-order valence-electron chi connectivity index (χ2n) is 5.32. The molecule has 1 atom stereocenters. The molecule has 0 spiro atoms. The molecule has 1 aromatic carbocycles. The van der Waals surface area contributed by atoms with Gasteiger partial charge in [-0.25, -0.2) is 0 Å². The minimum absolute atomic E-state index is 0.339. The van der Waals surface area contributed by atoms with E-state index in [1.165, 1.54) is 38.5 Å². The van der Waals surface area contributed by atoms with E-state index in [-0.39, 0.29) is 0 Å². The zero-order valence-corrected chi connectivity index (χ0v) is 12.1. The van der Waals surface area contributed by atoms with Crippen molar-refractivity contribution in [2.24, 2.45) is 0 Å². The van der Waals surface area contributed by atoms with Crippen LogP contribution in [0.2, 0.25) is 0 Å². The van der Waals surface area contributed by atoms with Gasteiger partial charge in [0.15, 0.2) is 11.5 Å². The van der Waals surface area contributed by atoms with Gasteiger partial charge in [0.1, 0.15) is 0 Å². The van der Waals surface area contributed by atoms with Gasteiger partial charge in [-0.15, -0.1) is 0 Å². The number of benzene rings is 1. The van der Waals surface area contributed by atoms with Gasteiger partial charge in [-0.1, -0.05) is 39.0 Å². The van der Waals surface area contributed by atoms with Gasteiger partial charge >= 0.3 is 0 Å². The van der Waals surface area contributed by atoms with E-state index in [0.29, 0.717) is 12.8 Å². The summed E-state index contributed by atoms with van der Waals surface area (Å²) in [6.07, 6.45) is 7.92. The summed E-state index contributed by atoms with van der Waals surface area (Å²) in [5.41, 5.74) is 1.12. The van der Waals surface area contributed by atoms with Gasteiger partial charge in [0.25, 0.3) is 0 Å². The molecule has 1 N–H and O–H groups in total. The van der Waals surface area contributed by atoms with E-state index in [1.807, 2.05) is 12.1 Å². The topological polar surface area (TPSA) is 30.5 Å². The summed E-state index contributed by atoms with van der Waals surface area (Å²) in [5, 5.41) is 3.53. The van der Waals surface area contributed by atoms with Crippen LogP contribution in [0.25, 0.3) is 0 Å². The van der Waals surface area contributed by atoms with Gasteiger partial charge in [-0.3, -0.25) is 0 Å². The second kappa shape index (κ2) is 7.27. The number of rotatable bonds is 8. The number of fused-ring (bicyclic) bond motifs is 1. The summed E-state index contributed by atoms with van der Waals surface area (Å²) in [4.78, 5) is 0. The molecule has 0 radical (unpaired) electrons. The first-order valence-corrected chi connectivity index (χ1v) is 7.46. The highest BCUT2D eigenvalue weighted by Gasteiger charge is 2.13. The molecule has 0 amide bonds. The van der Waals surface area contributed by atoms with Crippen molar-refractivity contribution in [1.82, 2.24) is 0 Å². The van der Waals surface area contributed by atoms with Crippen LogP contribution in [0.3, 0.4) is 0 Å². The molecule has 0 aromatic heterocycles. The van der Waals surface area contributed by atoms with Crippen molar-refractivity contribution in [3.8, 4) is 11.5 Å². The molecule has 0 aliphatic carbocycles. The Bertz CT molecular complexity index is 392. The van der Waals surface area contributed by atoms with E-state index in [2.05, 4.69) is 25.2 Å². The Morgan fingerprint density at radius 2 is 1.89 bits per heavy atom. The van der Waals surface area contributed by atoms with E-state index < -0.39 is 0 Å². The van der Waals surface area contributed by atoms with Crippen molar-refractivity contribution in [3.05, 3.63) is 18.2 Å². The number of unbranched alkanes of at least 4 members (excludes halogenated alkanes) is 4. The number of nitrogens with one attached hydrogen (secondary N) is 1. The molecule has 3 nitrogen and oxygen atoms in total.